The Labute approximate surface area is 94.8 Å². The average Bonchev–Trinajstić information content (AvgIpc) is 2.34. The maximum atomic E-state index is 3.30. The molecule has 1 heterocycles. The highest BCUT2D eigenvalue weighted by atomic mass is 15.3. The van der Waals surface area contributed by atoms with Crippen LogP contribution < -0.4 is 5.32 Å². The fourth-order valence-electron chi connectivity index (χ4n) is 2.40. The highest BCUT2D eigenvalue weighted by molar-refractivity contribution is 4.82. The lowest BCUT2D eigenvalue weighted by atomic mass is 10.2. The van der Waals surface area contributed by atoms with E-state index in [1.165, 1.54) is 32.5 Å². The van der Waals surface area contributed by atoms with Crippen LogP contribution in [0.1, 0.15) is 26.7 Å². The molecule has 0 spiro atoms. The molecule has 1 saturated heterocycles. The molecule has 1 aliphatic rings. The van der Waals surface area contributed by atoms with Crippen LogP contribution in [0.2, 0.25) is 0 Å². The normalized spacial score (nSPS) is 30.4. The van der Waals surface area contributed by atoms with Gasteiger partial charge in [0.25, 0.3) is 0 Å². The summed E-state index contributed by atoms with van der Waals surface area (Å²) < 4.78 is 0. The van der Waals surface area contributed by atoms with E-state index in [-0.39, 0.29) is 0 Å². The van der Waals surface area contributed by atoms with Gasteiger partial charge in [-0.2, -0.15) is 0 Å². The molecular formula is C12H27N3. The molecule has 1 N–H and O–H groups in total. The maximum Gasteiger partial charge on any atom is 0.0344 e. The third-order valence-electron chi connectivity index (χ3n) is 3.54. The molecule has 1 fully saturated rings. The summed E-state index contributed by atoms with van der Waals surface area (Å²) >= 11 is 0. The molecule has 2 atom stereocenters. The van der Waals surface area contributed by atoms with Crippen molar-refractivity contribution in [3.63, 3.8) is 0 Å². The molecule has 3 heteroatoms. The predicted octanol–water partition coefficient (Wildman–Crippen LogP) is 1.01. The van der Waals surface area contributed by atoms with Crippen LogP contribution >= 0.6 is 0 Å². The third kappa shape index (κ3) is 3.74. The summed E-state index contributed by atoms with van der Waals surface area (Å²) in [5.41, 5.74) is 0. The highest BCUT2D eigenvalue weighted by Crippen LogP contribution is 2.14. The summed E-state index contributed by atoms with van der Waals surface area (Å²) in [6.07, 6.45) is 2.57. The minimum absolute atomic E-state index is 0.673. The van der Waals surface area contributed by atoms with Crippen LogP contribution in [0.15, 0.2) is 0 Å². The summed E-state index contributed by atoms with van der Waals surface area (Å²) in [4.78, 5) is 5.15. The van der Waals surface area contributed by atoms with Gasteiger partial charge in [0.05, 0.1) is 0 Å². The first-order valence-electron chi connectivity index (χ1n) is 6.28. The molecule has 0 aliphatic carbocycles. The zero-order chi connectivity index (χ0) is 11.3. The van der Waals surface area contributed by atoms with E-state index < -0.39 is 0 Å². The van der Waals surface area contributed by atoms with Crippen LogP contribution in [0, 0.1) is 0 Å². The molecule has 2 unspecified atom stereocenters. The summed E-state index contributed by atoms with van der Waals surface area (Å²) in [5, 5.41) is 3.30. The Morgan fingerprint density at radius 3 is 2.73 bits per heavy atom. The Hall–Kier alpha value is -0.120. The van der Waals surface area contributed by atoms with Crippen molar-refractivity contribution in [1.82, 2.24) is 15.1 Å². The Morgan fingerprint density at radius 2 is 2.13 bits per heavy atom. The second-order valence-electron chi connectivity index (χ2n) is 4.82. The zero-order valence-corrected chi connectivity index (χ0v) is 10.8. The van der Waals surface area contributed by atoms with Gasteiger partial charge in [0.2, 0.25) is 0 Å². The van der Waals surface area contributed by atoms with Crippen molar-refractivity contribution in [2.45, 2.75) is 38.8 Å². The molecule has 3 nitrogen and oxygen atoms in total. The van der Waals surface area contributed by atoms with E-state index in [1.807, 2.05) is 7.05 Å². The van der Waals surface area contributed by atoms with E-state index in [1.54, 1.807) is 0 Å². The highest BCUT2D eigenvalue weighted by Gasteiger charge is 2.25. The fourth-order valence-corrected chi connectivity index (χ4v) is 2.40. The SMILES string of the molecule is CCCN1CC(CNC)N(C)CCC1C. The molecular weight excluding hydrogens is 186 g/mol. The van der Waals surface area contributed by atoms with Crippen LogP contribution in [0.4, 0.5) is 0 Å². The Morgan fingerprint density at radius 1 is 1.40 bits per heavy atom. The topological polar surface area (TPSA) is 18.5 Å². The van der Waals surface area contributed by atoms with Gasteiger partial charge in [-0.25, -0.2) is 0 Å². The van der Waals surface area contributed by atoms with Crippen LogP contribution in [-0.2, 0) is 0 Å². The van der Waals surface area contributed by atoms with Gasteiger partial charge in [0.15, 0.2) is 0 Å². The lowest BCUT2D eigenvalue weighted by molar-refractivity contribution is 0.180. The van der Waals surface area contributed by atoms with Gasteiger partial charge in [-0.05, 0) is 47.0 Å². The Balaban J connectivity index is 2.56. The largest absolute Gasteiger partial charge is 0.318 e. The molecule has 0 aromatic carbocycles. The molecule has 0 amide bonds. The van der Waals surface area contributed by atoms with Crippen molar-refractivity contribution in [2.75, 3.05) is 40.3 Å². The van der Waals surface area contributed by atoms with E-state index in [4.69, 9.17) is 0 Å². The number of likely N-dealkylation sites (N-methyl/N-ethyl adjacent to an activating group) is 2. The van der Waals surface area contributed by atoms with Gasteiger partial charge in [-0.1, -0.05) is 6.92 Å². The molecule has 15 heavy (non-hydrogen) atoms. The van der Waals surface area contributed by atoms with E-state index >= 15 is 0 Å². The standard InChI is InChI=1S/C12H27N3/c1-5-7-15-10-12(9-13-3)14(4)8-6-11(15)2/h11-13H,5-10H2,1-4H3. The quantitative estimate of drug-likeness (QED) is 0.752. The smallest absolute Gasteiger partial charge is 0.0344 e. The second kappa shape index (κ2) is 6.46. The number of rotatable bonds is 4. The number of nitrogens with zero attached hydrogens (tertiary/aromatic N) is 2. The van der Waals surface area contributed by atoms with Crippen molar-refractivity contribution < 1.29 is 0 Å². The molecule has 0 bridgehead atoms. The third-order valence-corrected chi connectivity index (χ3v) is 3.54. The van der Waals surface area contributed by atoms with Gasteiger partial charge >= 0.3 is 0 Å². The van der Waals surface area contributed by atoms with Gasteiger partial charge in [-0.3, -0.25) is 4.90 Å². The average molecular weight is 213 g/mol. The minimum atomic E-state index is 0.673. The van der Waals surface area contributed by atoms with E-state index in [0.29, 0.717) is 6.04 Å². The molecule has 1 rings (SSSR count). The van der Waals surface area contributed by atoms with E-state index in [9.17, 15) is 0 Å². The van der Waals surface area contributed by atoms with Gasteiger partial charge in [0.1, 0.15) is 0 Å². The summed E-state index contributed by atoms with van der Waals surface area (Å²) in [6, 6.07) is 1.42. The Bertz CT molecular complexity index is 154. The number of nitrogens with one attached hydrogen (secondary N) is 1. The van der Waals surface area contributed by atoms with Gasteiger partial charge < -0.3 is 10.2 Å². The van der Waals surface area contributed by atoms with Crippen LogP contribution in [0.25, 0.3) is 0 Å². The van der Waals surface area contributed by atoms with Crippen molar-refractivity contribution in [3.05, 3.63) is 0 Å². The van der Waals surface area contributed by atoms with Gasteiger partial charge in [0, 0.05) is 25.2 Å². The van der Waals surface area contributed by atoms with Crippen LogP contribution in [0.5, 0.6) is 0 Å². The van der Waals surface area contributed by atoms with Crippen molar-refractivity contribution in [3.8, 4) is 0 Å². The molecule has 0 radical (unpaired) electrons. The second-order valence-corrected chi connectivity index (χ2v) is 4.82. The monoisotopic (exact) mass is 213 g/mol. The van der Waals surface area contributed by atoms with Crippen molar-refractivity contribution in [2.24, 2.45) is 0 Å². The first-order chi connectivity index (χ1) is 7.19. The first-order valence-corrected chi connectivity index (χ1v) is 6.28. The maximum absolute atomic E-state index is 3.30. The van der Waals surface area contributed by atoms with Crippen molar-refractivity contribution in [1.29, 1.82) is 0 Å². The summed E-state index contributed by atoms with van der Waals surface area (Å²) in [6.45, 7) is 9.43. The molecule has 1 aliphatic heterocycles. The van der Waals surface area contributed by atoms with Gasteiger partial charge in [-0.15, -0.1) is 0 Å². The lowest BCUT2D eigenvalue weighted by Gasteiger charge is -2.30. The lowest BCUT2D eigenvalue weighted by Crippen LogP contribution is -2.45. The van der Waals surface area contributed by atoms with Crippen LogP contribution in [-0.4, -0.2) is 62.2 Å². The van der Waals surface area contributed by atoms with Crippen LogP contribution in [0.3, 0.4) is 0 Å². The molecule has 0 aromatic rings. The molecule has 90 valence electrons. The first kappa shape index (κ1) is 12.9. The fraction of sp³-hybridized carbons (Fsp3) is 1.00. The van der Waals surface area contributed by atoms with E-state index in [2.05, 4.69) is 36.0 Å². The summed E-state index contributed by atoms with van der Waals surface area (Å²) in [5.74, 6) is 0. The molecule has 0 saturated carbocycles. The zero-order valence-electron chi connectivity index (χ0n) is 10.8. The minimum Gasteiger partial charge on any atom is -0.318 e. The predicted molar refractivity (Wildman–Crippen MR) is 66.3 cm³/mol. The summed E-state index contributed by atoms with van der Waals surface area (Å²) in [7, 11) is 4.30. The van der Waals surface area contributed by atoms with Crippen molar-refractivity contribution >= 4 is 0 Å². The number of hydrogen-bond donors (Lipinski definition) is 1. The Kier molecular flexibility index (Phi) is 5.58. The van der Waals surface area contributed by atoms with E-state index in [0.717, 1.165) is 12.6 Å². The molecule has 0 aromatic heterocycles. The number of hydrogen-bond acceptors (Lipinski definition) is 3.